The van der Waals surface area contributed by atoms with Crippen LogP contribution in [-0.2, 0) is 0 Å². The average Bonchev–Trinajstić information content (AvgIpc) is 2.67. The summed E-state index contributed by atoms with van der Waals surface area (Å²) in [6, 6.07) is 13.3. The summed E-state index contributed by atoms with van der Waals surface area (Å²) in [6.07, 6.45) is 0. The fourth-order valence-corrected chi connectivity index (χ4v) is 7.67. The largest absolute Gasteiger partial charge is 0.496 e. The molecule has 0 amide bonds. The predicted molar refractivity (Wildman–Crippen MR) is 133 cm³/mol. The van der Waals surface area contributed by atoms with Crippen molar-refractivity contribution in [1.29, 1.82) is 0 Å². The molecule has 4 heteroatoms. The Balaban J connectivity index is 2.50. The number of hydrogen-bond donors (Lipinski definition) is 0. The van der Waals surface area contributed by atoms with Gasteiger partial charge in [-0.3, -0.25) is 0 Å². The molecule has 0 atom stereocenters. The van der Waals surface area contributed by atoms with Crippen molar-refractivity contribution in [1.82, 2.24) is 0 Å². The highest BCUT2D eigenvalue weighted by Crippen LogP contribution is 2.45. The molecule has 0 aliphatic carbocycles. The van der Waals surface area contributed by atoms with Gasteiger partial charge in [0.2, 0.25) is 0 Å². The maximum atomic E-state index is 5.96. The summed E-state index contributed by atoms with van der Waals surface area (Å²) in [5.41, 5.74) is 7.05. The number of rotatable bonds is 6. The van der Waals surface area contributed by atoms with Crippen LogP contribution in [0.1, 0.15) is 33.4 Å². The summed E-state index contributed by atoms with van der Waals surface area (Å²) in [6.45, 7) is 12.8. The molecule has 0 saturated carbocycles. The monoisotopic (exact) mass is 436 g/mol. The first-order valence-electron chi connectivity index (χ1n) is 10.5. The zero-order chi connectivity index (χ0) is 22.9. The number of aryl methyl sites for hydroxylation is 6. The molecule has 0 bridgehead atoms. The SMILES string of the molecule is COc1c(C)cc(C)cc1P(c1cc(C)cc(C)c1OC)c1cc(C)cc(C)c1OC. The lowest BCUT2D eigenvalue weighted by Gasteiger charge is -2.28. The molecule has 3 rings (SSSR count). The third-order valence-electron chi connectivity index (χ3n) is 5.53. The predicted octanol–water partition coefficient (Wildman–Crippen LogP) is 5.32. The van der Waals surface area contributed by atoms with Crippen LogP contribution in [0, 0.1) is 41.5 Å². The molecular formula is C27H33O3P. The van der Waals surface area contributed by atoms with Crippen molar-refractivity contribution < 1.29 is 14.2 Å². The van der Waals surface area contributed by atoms with Crippen LogP contribution in [-0.4, -0.2) is 21.3 Å². The van der Waals surface area contributed by atoms with Crippen molar-refractivity contribution in [2.75, 3.05) is 21.3 Å². The van der Waals surface area contributed by atoms with Gasteiger partial charge in [0, 0.05) is 15.9 Å². The van der Waals surface area contributed by atoms with Gasteiger partial charge < -0.3 is 14.2 Å². The van der Waals surface area contributed by atoms with Crippen LogP contribution >= 0.6 is 7.92 Å². The summed E-state index contributed by atoms with van der Waals surface area (Å²) in [7, 11) is 4.27. The molecule has 0 fully saturated rings. The van der Waals surface area contributed by atoms with Crippen molar-refractivity contribution in [3.05, 3.63) is 69.8 Å². The number of benzene rings is 3. The Morgan fingerprint density at radius 1 is 0.452 bits per heavy atom. The van der Waals surface area contributed by atoms with Crippen molar-refractivity contribution in [3.63, 3.8) is 0 Å². The summed E-state index contributed by atoms with van der Waals surface area (Å²) in [5.74, 6) is 2.79. The average molecular weight is 437 g/mol. The van der Waals surface area contributed by atoms with E-state index >= 15 is 0 Å². The Labute approximate surface area is 188 Å². The fraction of sp³-hybridized carbons (Fsp3) is 0.333. The maximum Gasteiger partial charge on any atom is 0.130 e. The highest BCUT2D eigenvalue weighted by molar-refractivity contribution is 7.80. The van der Waals surface area contributed by atoms with Crippen LogP contribution in [0.15, 0.2) is 36.4 Å². The maximum absolute atomic E-state index is 5.96. The molecule has 0 spiro atoms. The molecule has 0 unspecified atom stereocenters. The molecule has 0 aliphatic rings. The van der Waals surface area contributed by atoms with Gasteiger partial charge in [0.25, 0.3) is 0 Å². The Hall–Kier alpha value is -2.51. The fourth-order valence-electron chi connectivity index (χ4n) is 4.48. The van der Waals surface area contributed by atoms with Gasteiger partial charge in [0.05, 0.1) is 21.3 Å². The van der Waals surface area contributed by atoms with Crippen LogP contribution in [0.3, 0.4) is 0 Å². The molecule has 31 heavy (non-hydrogen) atoms. The lowest BCUT2D eigenvalue weighted by Crippen LogP contribution is -2.26. The van der Waals surface area contributed by atoms with Gasteiger partial charge in [0.15, 0.2) is 0 Å². The van der Waals surface area contributed by atoms with Crippen molar-refractivity contribution >= 4 is 23.8 Å². The third-order valence-corrected chi connectivity index (χ3v) is 7.98. The minimum absolute atomic E-state index is 0.930. The quantitative estimate of drug-likeness (QED) is 0.490. The molecule has 3 nitrogen and oxygen atoms in total. The Morgan fingerprint density at radius 2 is 0.710 bits per heavy atom. The van der Waals surface area contributed by atoms with Crippen LogP contribution in [0.2, 0.25) is 0 Å². The Morgan fingerprint density at radius 3 is 0.935 bits per heavy atom. The van der Waals surface area contributed by atoms with Gasteiger partial charge in [0.1, 0.15) is 17.2 Å². The lowest BCUT2D eigenvalue weighted by atomic mass is 10.1. The molecule has 164 valence electrons. The molecule has 0 aromatic heterocycles. The van der Waals surface area contributed by atoms with Crippen molar-refractivity contribution in [2.45, 2.75) is 41.5 Å². The van der Waals surface area contributed by atoms with E-state index in [0.29, 0.717) is 0 Å². The first-order valence-corrected chi connectivity index (χ1v) is 11.8. The zero-order valence-corrected chi connectivity index (χ0v) is 21.0. The van der Waals surface area contributed by atoms with E-state index in [1.165, 1.54) is 32.6 Å². The minimum atomic E-state index is -0.998. The summed E-state index contributed by atoms with van der Waals surface area (Å²) in [5, 5.41) is 3.55. The topological polar surface area (TPSA) is 27.7 Å². The molecule has 0 N–H and O–H groups in total. The van der Waals surface area contributed by atoms with E-state index in [1.807, 2.05) is 0 Å². The summed E-state index contributed by atoms with van der Waals surface area (Å²) < 4.78 is 17.9. The van der Waals surface area contributed by atoms with Gasteiger partial charge in [-0.1, -0.05) is 18.2 Å². The number of ether oxygens (including phenoxy) is 3. The molecule has 0 heterocycles. The van der Waals surface area contributed by atoms with E-state index in [2.05, 4.69) is 77.9 Å². The van der Waals surface area contributed by atoms with Gasteiger partial charge in [-0.25, -0.2) is 0 Å². The van der Waals surface area contributed by atoms with Gasteiger partial charge in [-0.05, 0) is 101 Å². The van der Waals surface area contributed by atoms with Gasteiger partial charge in [-0.15, -0.1) is 0 Å². The standard InChI is InChI=1S/C27H33O3P/c1-16-10-19(4)25(28-7)22(13-16)31(23-14-17(2)11-20(5)26(23)29-8)24-15-18(3)12-21(6)27(24)30-9/h10-15H,1-9H3. The highest BCUT2D eigenvalue weighted by Gasteiger charge is 2.29. The van der Waals surface area contributed by atoms with E-state index in [0.717, 1.165) is 33.9 Å². The van der Waals surface area contributed by atoms with Crippen LogP contribution in [0.4, 0.5) is 0 Å². The molecular weight excluding hydrogens is 403 g/mol. The van der Waals surface area contributed by atoms with Crippen LogP contribution < -0.4 is 30.1 Å². The molecule has 0 radical (unpaired) electrons. The second-order valence-electron chi connectivity index (χ2n) is 8.24. The van der Waals surface area contributed by atoms with Crippen molar-refractivity contribution in [3.8, 4) is 17.2 Å². The Kier molecular flexibility index (Phi) is 6.96. The minimum Gasteiger partial charge on any atom is -0.496 e. The Bertz CT molecular complexity index is 977. The first kappa shape index (κ1) is 23.2. The van der Waals surface area contributed by atoms with Crippen molar-refractivity contribution in [2.24, 2.45) is 0 Å². The van der Waals surface area contributed by atoms with E-state index in [-0.39, 0.29) is 0 Å². The van der Waals surface area contributed by atoms with Crippen LogP contribution in [0.5, 0.6) is 17.2 Å². The highest BCUT2D eigenvalue weighted by atomic mass is 31.1. The molecule has 0 saturated heterocycles. The van der Waals surface area contributed by atoms with E-state index in [9.17, 15) is 0 Å². The van der Waals surface area contributed by atoms with E-state index in [4.69, 9.17) is 14.2 Å². The number of hydrogen-bond acceptors (Lipinski definition) is 3. The smallest absolute Gasteiger partial charge is 0.130 e. The van der Waals surface area contributed by atoms with E-state index < -0.39 is 7.92 Å². The normalized spacial score (nSPS) is 11.0. The van der Waals surface area contributed by atoms with E-state index in [1.54, 1.807) is 21.3 Å². The lowest BCUT2D eigenvalue weighted by molar-refractivity contribution is 0.413. The van der Waals surface area contributed by atoms with Crippen LogP contribution in [0.25, 0.3) is 0 Å². The summed E-state index contributed by atoms with van der Waals surface area (Å²) >= 11 is 0. The third kappa shape index (κ3) is 4.43. The van der Waals surface area contributed by atoms with Gasteiger partial charge in [-0.2, -0.15) is 0 Å². The second-order valence-corrected chi connectivity index (χ2v) is 10.4. The second kappa shape index (κ2) is 9.32. The molecule has 3 aromatic rings. The molecule has 0 aliphatic heterocycles. The van der Waals surface area contributed by atoms with Gasteiger partial charge >= 0.3 is 0 Å². The number of methoxy groups -OCH3 is 3. The zero-order valence-electron chi connectivity index (χ0n) is 20.1. The summed E-state index contributed by atoms with van der Waals surface area (Å²) in [4.78, 5) is 0. The molecule has 3 aromatic carbocycles. The first-order chi connectivity index (χ1) is 14.7.